The smallest absolute Gasteiger partial charge is 0.416 e. The lowest BCUT2D eigenvalue weighted by Crippen LogP contribution is -2.50. The van der Waals surface area contributed by atoms with Gasteiger partial charge in [0.25, 0.3) is 0 Å². The fourth-order valence-electron chi connectivity index (χ4n) is 4.89. The van der Waals surface area contributed by atoms with Gasteiger partial charge < -0.3 is 20.3 Å². The number of nitrogens with two attached hydrogens (primary N) is 1. The first-order valence-corrected chi connectivity index (χ1v) is 12.6. The second-order valence-electron chi connectivity index (χ2n) is 9.77. The number of rotatable bonds is 8. The van der Waals surface area contributed by atoms with Crippen LogP contribution in [0.15, 0.2) is 36.4 Å². The molecule has 2 atom stereocenters. The van der Waals surface area contributed by atoms with Gasteiger partial charge in [-0.15, -0.1) is 0 Å². The van der Waals surface area contributed by atoms with Crippen molar-refractivity contribution in [2.45, 2.75) is 39.3 Å². The fourth-order valence-corrected chi connectivity index (χ4v) is 5.05. The number of piperazine rings is 1. The minimum absolute atomic E-state index is 0.0125. The van der Waals surface area contributed by atoms with Gasteiger partial charge in [0.1, 0.15) is 5.75 Å². The van der Waals surface area contributed by atoms with E-state index in [9.17, 15) is 22.8 Å². The Morgan fingerprint density at radius 1 is 1.05 bits per heavy atom. The van der Waals surface area contributed by atoms with Gasteiger partial charge in [0.05, 0.1) is 18.6 Å². The van der Waals surface area contributed by atoms with Gasteiger partial charge in [0.2, 0.25) is 11.8 Å². The number of ether oxygens (including phenoxy) is 1. The summed E-state index contributed by atoms with van der Waals surface area (Å²) in [6.45, 7) is 7.03. The van der Waals surface area contributed by atoms with Crippen LogP contribution in [-0.4, -0.2) is 50.0 Å². The van der Waals surface area contributed by atoms with Crippen molar-refractivity contribution in [3.63, 3.8) is 0 Å². The van der Waals surface area contributed by atoms with E-state index in [1.54, 1.807) is 38.0 Å². The Hall–Kier alpha value is -2.94. The highest BCUT2D eigenvalue weighted by atomic mass is 35.5. The Morgan fingerprint density at radius 2 is 1.70 bits per heavy atom. The van der Waals surface area contributed by atoms with E-state index in [1.165, 1.54) is 6.07 Å². The van der Waals surface area contributed by atoms with Crippen LogP contribution in [0.25, 0.3) is 0 Å². The van der Waals surface area contributed by atoms with Crippen molar-refractivity contribution in [3.05, 3.63) is 58.1 Å². The standard InChI is InChI=1S/C27H33ClF3N3O3/c1-16(2)24(25(32)35)21-14-19(27(29,30)31)6-8-22(21)33-9-11-34(12-10-33)26(36)17(3)13-18-5-7-20(28)15-23(18)37-4/h5-8,14-17,24H,9-13H2,1-4H3,(H2,32,35)/t17-,24+/m1/s1. The lowest BCUT2D eigenvalue weighted by molar-refractivity contribution is -0.138. The monoisotopic (exact) mass is 539 g/mol. The number of anilines is 1. The zero-order valence-corrected chi connectivity index (χ0v) is 22.2. The van der Waals surface area contributed by atoms with Gasteiger partial charge in [-0.3, -0.25) is 9.59 Å². The molecule has 1 saturated heterocycles. The maximum absolute atomic E-state index is 13.5. The number of primary amides is 1. The molecule has 6 nitrogen and oxygen atoms in total. The van der Waals surface area contributed by atoms with Crippen LogP contribution in [0.4, 0.5) is 18.9 Å². The lowest BCUT2D eigenvalue weighted by atomic mass is 9.85. The molecule has 1 fully saturated rings. The van der Waals surface area contributed by atoms with E-state index in [0.717, 1.165) is 17.7 Å². The molecule has 2 aromatic carbocycles. The second-order valence-corrected chi connectivity index (χ2v) is 10.2. The summed E-state index contributed by atoms with van der Waals surface area (Å²) in [5.41, 5.74) is 6.47. The molecule has 2 amide bonds. The van der Waals surface area contributed by atoms with E-state index < -0.39 is 23.6 Å². The summed E-state index contributed by atoms with van der Waals surface area (Å²) in [6, 6.07) is 8.78. The van der Waals surface area contributed by atoms with Crippen molar-refractivity contribution >= 4 is 29.1 Å². The molecule has 1 heterocycles. The molecule has 1 aliphatic rings. The molecule has 37 heavy (non-hydrogen) atoms. The molecule has 1 aliphatic heterocycles. The number of benzene rings is 2. The lowest BCUT2D eigenvalue weighted by Gasteiger charge is -2.39. The number of nitrogens with zero attached hydrogens (tertiary/aromatic N) is 2. The molecule has 0 radical (unpaired) electrons. The first kappa shape index (κ1) is 28.6. The number of hydrogen-bond donors (Lipinski definition) is 1. The predicted molar refractivity (Wildman–Crippen MR) is 138 cm³/mol. The maximum atomic E-state index is 13.5. The number of halogens is 4. The molecule has 3 rings (SSSR count). The molecular formula is C27H33ClF3N3O3. The summed E-state index contributed by atoms with van der Waals surface area (Å²) >= 11 is 6.04. The van der Waals surface area contributed by atoms with Gasteiger partial charge in [-0.05, 0) is 53.8 Å². The van der Waals surface area contributed by atoms with Crippen molar-refractivity contribution in [3.8, 4) is 5.75 Å². The third kappa shape index (κ3) is 6.69. The summed E-state index contributed by atoms with van der Waals surface area (Å²) < 4.78 is 45.8. The highest BCUT2D eigenvalue weighted by Gasteiger charge is 2.35. The van der Waals surface area contributed by atoms with Crippen LogP contribution >= 0.6 is 11.6 Å². The molecule has 0 aromatic heterocycles. The van der Waals surface area contributed by atoms with Gasteiger partial charge in [0, 0.05) is 42.8 Å². The van der Waals surface area contributed by atoms with Gasteiger partial charge >= 0.3 is 6.18 Å². The molecular weight excluding hydrogens is 507 g/mol. The second kappa shape index (κ2) is 11.6. The first-order chi connectivity index (χ1) is 17.3. The van der Waals surface area contributed by atoms with Crippen molar-refractivity contribution in [1.29, 1.82) is 0 Å². The van der Waals surface area contributed by atoms with E-state index in [0.29, 0.717) is 49.1 Å². The number of hydrogen-bond acceptors (Lipinski definition) is 4. The summed E-state index contributed by atoms with van der Waals surface area (Å²) in [5.74, 6) is -1.51. The van der Waals surface area contributed by atoms with E-state index in [-0.39, 0.29) is 23.3 Å². The molecule has 0 spiro atoms. The quantitative estimate of drug-likeness (QED) is 0.505. The third-order valence-corrected chi connectivity index (χ3v) is 7.03. The summed E-state index contributed by atoms with van der Waals surface area (Å²) in [5, 5.41) is 0.550. The Balaban J connectivity index is 1.76. The number of amides is 2. The molecule has 0 bridgehead atoms. The molecule has 0 unspecified atom stereocenters. The Labute approximate surface area is 220 Å². The number of alkyl halides is 3. The van der Waals surface area contributed by atoms with Gasteiger partial charge in [-0.2, -0.15) is 13.2 Å². The number of methoxy groups -OCH3 is 1. The average molecular weight is 540 g/mol. The normalized spacial score (nSPS) is 16.0. The third-order valence-electron chi connectivity index (χ3n) is 6.79. The van der Waals surface area contributed by atoms with Crippen LogP contribution in [0, 0.1) is 11.8 Å². The van der Waals surface area contributed by atoms with E-state index in [2.05, 4.69) is 0 Å². The van der Waals surface area contributed by atoms with Gasteiger partial charge in [-0.1, -0.05) is 38.4 Å². The zero-order chi connectivity index (χ0) is 27.5. The Kier molecular flexibility index (Phi) is 9.00. The molecule has 2 N–H and O–H groups in total. The van der Waals surface area contributed by atoms with Crippen LogP contribution < -0.4 is 15.4 Å². The zero-order valence-electron chi connectivity index (χ0n) is 21.4. The molecule has 0 aliphatic carbocycles. The molecule has 202 valence electrons. The van der Waals surface area contributed by atoms with E-state index >= 15 is 0 Å². The first-order valence-electron chi connectivity index (χ1n) is 12.2. The highest BCUT2D eigenvalue weighted by molar-refractivity contribution is 6.30. The Bertz CT molecular complexity index is 1130. The number of carbonyl (C=O) groups is 2. The van der Waals surface area contributed by atoms with Crippen LogP contribution in [0.3, 0.4) is 0 Å². The van der Waals surface area contributed by atoms with E-state index in [1.807, 2.05) is 17.9 Å². The topological polar surface area (TPSA) is 75.9 Å². The summed E-state index contributed by atoms with van der Waals surface area (Å²) in [7, 11) is 1.55. The summed E-state index contributed by atoms with van der Waals surface area (Å²) in [4.78, 5) is 29.1. The molecule has 10 heteroatoms. The van der Waals surface area contributed by atoms with Crippen LogP contribution in [0.1, 0.15) is 43.4 Å². The van der Waals surface area contributed by atoms with E-state index in [4.69, 9.17) is 22.1 Å². The van der Waals surface area contributed by atoms with Crippen molar-refractivity contribution in [2.75, 3.05) is 38.2 Å². The van der Waals surface area contributed by atoms with Gasteiger partial charge in [-0.25, -0.2) is 0 Å². The minimum Gasteiger partial charge on any atom is -0.496 e. The Morgan fingerprint density at radius 3 is 2.24 bits per heavy atom. The molecule has 2 aromatic rings. The van der Waals surface area contributed by atoms with Crippen LogP contribution in [-0.2, 0) is 22.2 Å². The predicted octanol–water partition coefficient (Wildman–Crippen LogP) is 5.12. The minimum atomic E-state index is -4.54. The SMILES string of the molecule is COc1cc(Cl)ccc1C[C@@H](C)C(=O)N1CCN(c2ccc(C(F)(F)F)cc2[C@@H](C(N)=O)C(C)C)CC1. The van der Waals surface area contributed by atoms with Gasteiger partial charge in [0.15, 0.2) is 0 Å². The summed E-state index contributed by atoms with van der Waals surface area (Å²) in [6.07, 6.45) is -4.06. The number of carbonyl (C=O) groups excluding carboxylic acids is 2. The largest absolute Gasteiger partial charge is 0.496 e. The van der Waals surface area contributed by atoms with Crippen LogP contribution in [0.2, 0.25) is 5.02 Å². The van der Waals surface area contributed by atoms with Crippen molar-refractivity contribution < 1.29 is 27.5 Å². The van der Waals surface area contributed by atoms with Crippen molar-refractivity contribution in [1.82, 2.24) is 4.90 Å². The van der Waals surface area contributed by atoms with Crippen LogP contribution in [0.5, 0.6) is 5.75 Å². The fraction of sp³-hybridized carbons (Fsp3) is 0.481. The highest BCUT2D eigenvalue weighted by Crippen LogP contribution is 2.38. The maximum Gasteiger partial charge on any atom is 0.416 e. The molecule has 0 saturated carbocycles. The van der Waals surface area contributed by atoms with Crippen molar-refractivity contribution in [2.24, 2.45) is 17.6 Å². The average Bonchev–Trinajstić information content (AvgIpc) is 2.83.